The van der Waals surface area contributed by atoms with E-state index in [4.69, 9.17) is 14.6 Å². The van der Waals surface area contributed by atoms with Gasteiger partial charge < -0.3 is 25.6 Å². The van der Waals surface area contributed by atoms with Crippen LogP contribution in [0, 0.1) is 5.92 Å². The second-order valence-electron chi connectivity index (χ2n) is 8.81. The summed E-state index contributed by atoms with van der Waals surface area (Å²) >= 11 is 0. The number of carbonyl (C=O) groups is 1. The standard InChI is InChI=1S/C19H26N2O2.C2HF3O2/c1-11-10-23-18-12-8-15-13-4-2-3-5-19(13,6-7-20-15)14(12)9-16(22)17(18)21-11;3-2(4,5)1(6)7/h9,11,13,15,20-22H,2-8,10H2,1H3;(H,6,7)/t11?,13-,15+,19+;/m1./s1. The quantitative estimate of drug-likeness (QED) is 0.473. The Hall–Kier alpha value is -2.16. The molecule has 6 nitrogen and oxygen atoms in total. The Balaban J connectivity index is 0.000000272. The van der Waals surface area contributed by atoms with E-state index in [1.165, 1.54) is 43.2 Å². The van der Waals surface area contributed by atoms with E-state index in [1.807, 2.05) is 0 Å². The van der Waals surface area contributed by atoms with Crippen LogP contribution in [0.4, 0.5) is 18.9 Å². The lowest BCUT2D eigenvalue weighted by atomic mass is 9.52. The van der Waals surface area contributed by atoms with Crippen LogP contribution in [0.1, 0.15) is 50.2 Å². The third-order valence-electron chi connectivity index (χ3n) is 7.00. The van der Waals surface area contributed by atoms with Crippen LogP contribution in [-0.2, 0) is 16.6 Å². The minimum absolute atomic E-state index is 0.244. The summed E-state index contributed by atoms with van der Waals surface area (Å²) in [4.78, 5) is 8.90. The van der Waals surface area contributed by atoms with Crippen LogP contribution in [0.25, 0.3) is 0 Å². The molecule has 2 bridgehead atoms. The molecule has 1 unspecified atom stereocenters. The molecule has 4 aliphatic rings. The molecule has 2 heterocycles. The van der Waals surface area contributed by atoms with Crippen molar-refractivity contribution in [2.24, 2.45) is 5.92 Å². The Morgan fingerprint density at radius 2 is 2.03 bits per heavy atom. The average Bonchev–Trinajstić information content (AvgIpc) is 2.69. The van der Waals surface area contributed by atoms with E-state index in [1.54, 1.807) is 0 Å². The van der Waals surface area contributed by atoms with Gasteiger partial charge in [0.05, 0.1) is 6.04 Å². The van der Waals surface area contributed by atoms with Gasteiger partial charge in [-0.1, -0.05) is 12.8 Å². The normalized spacial score (nSPS) is 31.5. The lowest BCUT2D eigenvalue weighted by molar-refractivity contribution is -0.192. The van der Waals surface area contributed by atoms with Gasteiger partial charge in [0.1, 0.15) is 23.8 Å². The highest BCUT2D eigenvalue weighted by Gasteiger charge is 2.52. The third-order valence-corrected chi connectivity index (χ3v) is 7.00. The second-order valence-corrected chi connectivity index (χ2v) is 8.81. The van der Waals surface area contributed by atoms with Crippen LogP contribution >= 0.6 is 0 Å². The highest BCUT2D eigenvalue weighted by atomic mass is 19.4. The molecule has 0 radical (unpaired) electrons. The monoisotopic (exact) mass is 428 g/mol. The Morgan fingerprint density at radius 3 is 2.73 bits per heavy atom. The summed E-state index contributed by atoms with van der Waals surface area (Å²) in [5.41, 5.74) is 3.83. The molecule has 2 fully saturated rings. The van der Waals surface area contributed by atoms with E-state index in [2.05, 4.69) is 23.6 Å². The van der Waals surface area contributed by atoms with Crippen molar-refractivity contribution in [3.05, 3.63) is 17.2 Å². The Kier molecular flexibility index (Phi) is 5.28. The minimum Gasteiger partial charge on any atom is -0.506 e. The molecule has 1 aromatic carbocycles. The number of benzene rings is 1. The number of hydrogen-bond donors (Lipinski definition) is 4. The number of ether oxygens (including phenoxy) is 1. The molecule has 2 aliphatic heterocycles. The van der Waals surface area contributed by atoms with E-state index in [9.17, 15) is 18.3 Å². The van der Waals surface area contributed by atoms with Crippen molar-refractivity contribution in [2.75, 3.05) is 18.5 Å². The number of alkyl halides is 3. The average molecular weight is 428 g/mol. The maximum Gasteiger partial charge on any atom is 0.490 e. The highest BCUT2D eigenvalue weighted by molar-refractivity contribution is 5.73. The number of carboxylic acids is 1. The van der Waals surface area contributed by atoms with Gasteiger partial charge in [-0.25, -0.2) is 4.79 Å². The molecule has 0 amide bonds. The minimum atomic E-state index is -5.08. The number of anilines is 1. The van der Waals surface area contributed by atoms with Crippen molar-refractivity contribution < 1.29 is 32.9 Å². The fourth-order valence-corrected chi connectivity index (χ4v) is 5.82. The number of fused-ring (bicyclic) bond motifs is 3. The molecule has 0 aromatic heterocycles. The van der Waals surface area contributed by atoms with Gasteiger partial charge >= 0.3 is 12.1 Å². The molecule has 30 heavy (non-hydrogen) atoms. The number of nitrogens with one attached hydrogen (secondary N) is 2. The molecule has 5 rings (SSSR count). The predicted octanol–water partition coefficient (Wildman–Crippen LogP) is 3.56. The van der Waals surface area contributed by atoms with Gasteiger partial charge in [-0.15, -0.1) is 0 Å². The van der Waals surface area contributed by atoms with Crippen molar-refractivity contribution in [3.8, 4) is 11.5 Å². The SMILES string of the molecule is CC1COc2c3c(cc(O)c2N1)[C@]12CCCC[C@@H]1[C@H](C3)NCC2.O=C(O)C(F)(F)F. The zero-order chi connectivity index (χ0) is 21.7. The molecular weight excluding hydrogens is 401 g/mol. The summed E-state index contributed by atoms with van der Waals surface area (Å²) in [6.45, 7) is 3.87. The first-order chi connectivity index (χ1) is 14.1. The summed E-state index contributed by atoms with van der Waals surface area (Å²) in [7, 11) is 0. The lowest BCUT2D eigenvalue weighted by Gasteiger charge is -2.56. The molecule has 4 atom stereocenters. The molecule has 1 saturated heterocycles. The summed E-state index contributed by atoms with van der Waals surface area (Å²) in [6, 6.07) is 2.89. The van der Waals surface area contributed by atoms with Crippen molar-refractivity contribution in [3.63, 3.8) is 0 Å². The van der Waals surface area contributed by atoms with Gasteiger partial charge in [-0.3, -0.25) is 0 Å². The van der Waals surface area contributed by atoms with E-state index in [-0.39, 0.29) is 11.5 Å². The van der Waals surface area contributed by atoms with Crippen LogP contribution in [0.15, 0.2) is 6.07 Å². The van der Waals surface area contributed by atoms with Crippen molar-refractivity contribution in [1.82, 2.24) is 5.32 Å². The summed E-state index contributed by atoms with van der Waals surface area (Å²) in [5, 5.41) is 25.0. The number of hydrogen-bond acceptors (Lipinski definition) is 5. The predicted molar refractivity (Wildman–Crippen MR) is 104 cm³/mol. The lowest BCUT2D eigenvalue weighted by Crippen LogP contribution is -2.59. The van der Waals surface area contributed by atoms with E-state index in [0.717, 1.165) is 30.3 Å². The van der Waals surface area contributed by atoms with Crippen molar-refractivity contribution >= 4 is 11.7 Å². The van der Waals surface area contributed by atoms with Crippen LogP contribution in [0.3, 0.4) is 0 Å². The number of aromatic hydroxyl groups is 1. The van der Waals surface area contributed by atoms with Crippen molar-refractivity contribution in [2.45, 2.75) is 69.1 Å². The Morgan fingerprint density at radius 1 is 1.30 bits per heavy atom. The van der Waals surface area contributed by atoms with Crippen LogP contribution < -0.4 is 15.4 Å². The number of rotatable bonds is 0. The first-order valence-corrected chi connectivity index (χ1v) is 10.5. The molecule has 1 aromatic rings. The van der Waals surface area contributed by atoms with E-state index >= 15 is 0 Å². The fourth-order valence-electron chi connectivity index (χ4n) is 5.82. The van der Waals surface area contributed by atoms with Gasteiger partial charge in [-0.2, -0.15) is 13.2 Å². The topological polar surface area (TPSA) is 90.8 Å². The number of phenolic OH excluding ortho intramolecular Hbond substituents is 1. The zero-order valence-corrected chi connectivity index (χ0v) is 16.8. The van der Waals surface area contributed by atoms with Gasteiger partial charge in [0, 0.05) is 17.0 Å². The van der Waals surface area contributed by atoms with Crippen molar-refractivity contribution in [1.29, 1.82) is 0 Å². The van der Waals surface area contributed by atoms with Crippen LogP contribution in [-0.4, -0.2) is 47.6 Å². The maximum atomic E-state index is 10.7. The molecule has 1 saturated carbocycles. The van der Waals surface area contributed by atoms with E-state index < -0.39 is 12.1 Å². The number of aliphatic carboxylic acids is 1. The number of phenols is 1. The molecular formula is C21H27F3N2O4. The highest BCUT2D eigenvalue weighted by Crippen LogP contribution is 2.58. The fraction of sp³-hybridized carbons (Fsp3) is 0.667. The molecule has 9 heteroatoms. The Labute approximate surface area is 172 Å². The summed E-state index contributed by atoms with van der Waals surface area (Å²) < 4.78 is 37.8. The largest absolute Gasteiger partial charge is 0.506 e. The summed E-state index contributed by atoms with van der Waals surface area (Å²) in [5.74, 6) is -0.728. The molecule has 0 spiro atoms. The maximum absolute atomic E-state index is 10.7. The third kappa shape index (κ3) is 3.46. The first-order valence-electron chi connectivity index (χ1n) is 10.5. The molecule has 2 aliphatic carbocycles. The van der Waals surface area contributed by atoms with Gasteiger partial charge in [-0.05, 0) is 56.7 Å². The van der Waals surface area contributed by atoms with E-state index in [0.29, 0.717) is 18.4 Å². The summed E-state index contributed by atoms with van der Waals surface area (Å²) in [6.07, 6.45) is 2.42. The molecule has 4 N–H and O–H groups in total. The smallest absolute Gasteiger partial charge is 0.490 e. The van der Waals surface area contributed by atoms with Gasteiger partial charge in [0.15, 0.2) is 0 Å². The number of halogens is 3. The number of piperidine rings is 1. The number of carboxylic acid groups (broad SMARTS) is 1. The zero-order valence-electron chi connectivity index (χ0n) is 16.8. The van der Waals surface area contributed by atoms with Gasteiger partial charge in [0.2, 0.25) is 0 Å². The Bertz CT molecular complexity index is 841. The molecule has 166 valence electrons. The first kappa shape index (κ1) is 21.1. The second kappa shape index (κ2) is 7.51. The van der Waals surface area contributed by atoms with Gasteiger partial charge in [0.25, 0.3) is 0 Å². The van der Waals surface area contributed by atoms with Crippen LogP contribution in [0.2, 0.25) is 0 Å². The van der Waals surface area contributed by atoms with Crippen LogP contribution in [0.5, 0.6) is 11.5 Å².